The van der Waals surface area contributed by atoms with Gasteiger partial charge in [0.1, 0.15) is 23.2 Å². The van der Waals surface area contributed by atoms with Crippen molar-refractivity contribution in [1.29, 1.82) is 0 Å². The summed E-state index contributed by atoms with van der Waals surface area (Å²) in [7, 11) is 1.96. The summed E-state index contributed by atoms with van der Waals surface area (Å²) in [5.74, 6) is 2.43. The average molecular weight is 367 g/mol. The average Bonchev–Trinajstić information content (AvgIpc) is 3.00. The van der Waals surface area contributed by atoms with E-state index in [-0.39, 0.29) is 0 Å². The highest BCUT2D eigenvalue weighted by molar-refractivity contribution is 7.99. The molecule has 0 saturated carbocycles. The quantitative estimate of drug-likeness (QED) is 0.643. The van der Waals surface area contributed by atoms with Crippen molar-refractivity contribution in [2.24, 2.45) is 7.05 Å². The molecule has 0 atom stereocenters. The topological polar surface area (TPSA) is 65.7 Å². The van der Waals surface area contributed by atoms with E-state index in [9.17, 15) is 0 Å². The number of hydrogen-bond donors (Lipinski definition) is 0. The van der Waals surface area contributed by atoms with Crippen LogP contribution in [0.3, 0.4) is 0 Å². The van der Waals surface area contributed by atoms with E-state index in [1.807, 2.05) is 48.9 Å². The van der Waals surface area contributed by atoms with Crippen LogP contribution >= 0.6 is 11.8 Å². The molecule has 7 heteroatoms. The molecule has 0 unspecified atom stereocenters. The summed E-state index contributed by atoms with van der Waals surface area (Å²) < 4.78 is 7.76. The van der Waals surface area contributed by atoms with Crippen molar-refractivity contribution >= 4 is 11.8 Å². The second kappa shape index (κ2) is 7.45. The number of benzene rings is 1. The van der Waals surface area contributed by atoms with E-state index in [0.29, 0.717) is 6.61 Å². The van der Waals surface area contributed by atoms with E-state index < -0.39 is 0 Å². The van der Waals surface area contributed by atoms with E-state index in [0.717, 1.165) is 40.4 Å². The van der Waals surface area contributed by atoms with Gasteiger partial charge in [-0.25, -0.2) is 9.97 Å². The van der Waals surface area contributed by atoms with Crippen LogP contribution in [0.2, 0.25) is 0 Å². The minimum absolute atomic E-state index is 0.384. The first-order valence-electron chi connectivity index (χ1n) is 8.81. The van der Waals surface area contributed by atoms with Crippen molar-refractivity contribution in [2.75, 3.05) is 0 Å². The van der Waals surface area contributed by atoms with Gasteiger partial charge in [0.2, 0.25) is 0 Å². The summed E-state index contributed by atoms with van der Waals surface area (Å²) in [6.45, 7) is 2.34. The monoisotopic (exact) mass is 367 g/mol. The number of para-hydroxylation sites is 1. The Morgan fingerprint density at radius 2 is 1.88 bits per heavy atom. The van der Waals surface area contributed by atoms with Gasteiger partial charge >= 0.3 is 0 Å². The van der Waals surface area contributed by atoms with Crippen LogP contribution < -0.4 is 4.74 Å². The molecule has 1 aliphatic carbocycles. The van der Waals surface area contributed by atoms with Gasteiger partial charge in [-0.2, -0.15) is 0 Å². The number of ether oxygens (including phenoxy) is 1. The number of aryl methyl sites for hydroxylation is 2. The van der Waals surface area contributed by atoms with Crippen molar-refractivity contribution in [3.63, 3.8) is 0 Å². The largest absolute Gasteiger partial charge is 0.486 e. The molecule has 3 aromatic rings. The van der Waals surface area contributed by atoms with Crippen LogP contribution in [-0.2, 0) is 26.5 Å². The van der Waals surface area contributed by atoms with Crippen molar-refractivity contribution in [2.45, 2.75) is 49.4 Å². The Morgan fingerprint density at radius 3 is 2.73 bits per heavy atom. The van der Waals surface area contributed by atoms with E-state index >= 15 is 0 Å². The van der Waals surface area contributed by atoms with Crippen molar-refractivity contribution < 1.29 is 4.74 Å². The molecule has 0 aliphatic heterocycles. The molecule has 134 valence electrons. The molecular weight excluding hydrogens is 346 g/mol. The Bertz CT molecular complexity index is 910. The van der Waals surface area contributed by atoms with Crippen LogP contribution in [0.4, 0.5) is 0 Å². The van der Waals surface area contributed by atoms with Crippen LogP contribution in [0, 0.1) is 6.92 Å². The number of fused-ring (bicyclic) bond motifs is 1. The van der Waals surface area contributed by atoms with Crippen LogP contribution in [-0.4, -0.2) is 24.7 Å². The molecule has 0 bridgehead atoms. The molecule has 1 aromatic carbocycles. The third-order valence-corrected chi connectivity index (χ3v) is 5.55. The highest BCUT2D eigenvalue weighted by Crippen LogP contribution is 2.32. The van der Waals surface area contributed by atoms with E-state index in [2.05, 4.69) is 20.2 Å². The molecule has 0 radical (unpaired) electrons. The van der Waals surface area contributed by atoms with E-state index in [4.69, 9.17) is 4.74 Å². The van der Waals surface area contributed by atoms with Gasteiger partial charge in [0.15, 0.2) is 11.0 Å². The fourth-order valence-electron chi connectivity index (χ4n) is 3.07. The lowest BCUT2D eigenvalue weighted by Gasteiger charge is -2.17. The standard InChI is InChI=1S/C19H21N5OS/c1-13-20-16-11-7-6-10-15(16)18(21-13)26-19-23-22-17(24(19)2)12-25-14-8-4-3-5-9-14/h3-5,8-9H,6-7,10-12H2,1-2H3. The highest BCUT2D eigenvalue weighted by atomic mass is 32.2. The minimum Gasteiger partial charge on any atom is -0.486 e. The second-order valence-electron chi connectivity index (χ2n) is 6.37. The van der Waals surface area contributed by atoms with Crippen LogP contribution in [0.5, 0.6) is 5.75 Å². The maximum Gasteiger partial charge on any atom is 0.197 e. The summed E-state index contributed by atoms with van der Waals surface area (Å²) in [6.07, 6.45) is 4.49. The number of hydrogen-bond acceptors (Lipinski definition) is 6. The summed E-state index contributed by atoms with van der Waals surface area (Å²) >= 11 is 1.57. The molecule has 0 saturated heterocycles. The number of nitrogens with zero attached hydrogens (tertiary/aromatic N) is 5. The normalized spacial score (nSPS) is 13.5. The zero-order valence-electron chi connectivity index (χ0n) is 15.0. The minimum atomic E-state index is 0.384. The van der Waals surface area contributed by atoms with Gasteiger partial charge in [-0.05, 0) is 56.5 Å². The molecular formula is C19H21N5OS. The van der Waals surface area contributed by atoms with Gasteiger partial charge in [0, 0.05) is 18.3 Å². The fraction of sp³-hybridized carbons (Fsp3) is 0.368. The lowest BCUT2D eigenvalue weighted by Crippen LogP contribution is -2.10. The fourth-order valence-corrected chi connectivity index (χ4v) is 4.09. The lowest BCUT2D eigenvalue weighted by atomic mass is 9.97. The third kappa shape index (κ3) is 3.58. The Kier molecular flexibility index (Phi) is 4.88. The molecule has 0 amide bonds. The van der Waals surface area contributed by atoms with Crippen LogP contribution in [0.1, 0.15) is 35.7 Å². The molecule has 1 aliphatic rings. The maximum absolute atomic E-state index is 5.79. The SMILES string of the molecule is Cc1nc2c(c(Sc3nnc(COc4ccccc4)n3C)n1)CCCC2. The zero-order chi connectivity index (χ0) is 17.9. The van der Waals surface area contributed by atoms with Crippen molar-refractivity contribution in [3.05, 3.63) is 53.2 Å². The van der Waals surface area contributed by atoms with Gasteiger partial charge < -0.3 is 9.30 Å². The van der Waals surface area contributed by atoms with Gasteiger partial charge in [-0.15, -0.1) is 10.2 Å². The summed E-state index contributed by atoms with van der Waals surface area (Å²) in [5.41, 5.74) is 2.47. The van der Waals surface area contributed by atoms with E-state index in [1.165, 1.54) is 24.1 Å². The Morgan fingerprint density at radius 1 is 1.08 bits per heavy atom. The first kappa shape index (κ1) is 17.0. The lowest BCUT2D eigenvalue weighted by molar-refractivity contribution is 0.290. The van der Waals surface area contributed by atoms with Gasteiger partial charge in [-0.1, -0.05) is 18.2 Å². The van der Waals surface area contributed by atoms with Crippen LogP contribution in [0.15, 0.2) is 40.5 Å². The third-order valence-electron chi connectivity index (χ3n) is 4.48. The predicted molar refractivity (Wildman–Crippen MR) is 99.3 cm³/mol. The second-order valence-corrected chi connectivity index (χ2v) is 7.33. The van der Waals surface area contributed by atoms with Crippen molar-refractivity contribution in [3.8, 4) is 5.75 Å². The summed E-state index contributed by atoms with van der Waals surface area (Å²) in [6, 6.07) is 9.74. The Labute approximate surface area is 157 Å². The zero-order valence-corrected chi connectivity index (χ0v) is 15.8. The molecule has 0 fully saturated rings. The first-order valence-corrected chi connectivity index (χ1v) is 9.62. The molecule has 0 spiro atoms. The molecule has 26 heavy (non-hydrogen) atoms. The highest BCUT2D eigenvalue weighted by Gasteiger charge is 2.20. The maximum atomic E-state index is 5.79. The van der Waals surface area contributed by atoms with E-state index in [1.54, 1.807) is 11.8 Å². The molecule has 4 rings (SSSR count). The summed E-state index contributed by atoms with van der Waals surface area (Å²) in [5, 5.41) is 10.5. The molecule has 0 N–H and O–H groups in total. The Hall–Kier alpha value is -2.41. The van der Waals surface area contributed by atoms with Gasteiger partial charge in [0.05, 0.1) is 0 Å². The number of aromatic nitrogens is 5. The molecule has 6 nitrogen and oxygen atoms in total. The van der Waals surface area contributed by atoms with Crippen molar-refractivity contribution in [1.82, 2.24) is 24.7 Å². The Balaban J connectivity index is 1.53. The van der Waals surface area contributed by atoms with Gasteiger partial charge in [0.25, 0.3) is 0 Å². The molecule has 2 heterocycles. The van der Waals surface area contributed by atoms with Crippen LogP contribution in [0.25, 0.3) is 0 Å². The predicted octanol–water partition coefficient (Wildman–Crippen LogP) is 3.52. The first-order chi connectivity index (χ1) is 12.7. The molecule has 2 aromatic heterocycles. The van der Waals surface area contributed by atoms with Gasteiger partial charge in [-0.3, -0.25) is 0 Å². The number of rotatable bonds is 5. The summed E-state index contributed by atoms with van der Waals surface area (Å²) in [4.78, 5) is 9.28. The smallest absolute Gasteiger partial charge is 0.197 e.